The summed E-state index contributed by atoms with van der Waals surface area (Å²) in [6.45, 7) is 3.41. The molecular formula is C48H51N5O5. The lowest BCUT2D eigenvalue weighted by Crippen LogP contribution is -2.61. The van der Waals surface area contributed by atoms with E-state index < -0.39 is 11.9 Å². The van der Waals surface area contributed by atoms with E-state index in [1.165, 1.54) is 27.9 Å². The predicted octanol–water partition coefficient (Wildman–Crippen LogP) is 6.24. The van der Waals surface area contributed by atoms with E-state index in [0.29, 0.717) is 55.4 Å². The van der Waals surface area contributed by atoms with Crippen LogP contribution in [-0.2, 0) is 40.4 Å². The van der Waals surface area contributed by atoms with Gasteiger partial charge >= 0.3 is 0 Å². The Labute approximate surface area is 339 Å². The van der Waals surface area contributed by atoms with Crippen LogP contribution >= 0.6 is 0 Å². The number of imide groups is 1. The number of likely N-dealkylation sites (N-methyl/N-ethyl adjacent to an activating group) is 1. The maximum atomic E-state index is 13.8. The molecule has 3 fully saturated rings. The van der Waals surface area contributed by atoms with Crippen LogP contribution in [0.25, 0.3) is 0 Å². The third kappa shape index (κ3) is 6.55. The number of nitrogens with one attached hydrogen (secondary N) is 1. The minimum Gasteiger partial charge on any atom is -0.508 e. The van der Waals surface area contributed by atoms with Crippen LogP contribution in [0.4, 0.5) is 5.69 Å². The highest BCUT2D eigenvalue weighted by molar-refractivity contribution is 6.05. The van der Waals surface area contributed by atoms with E-state index in [4.69, 9.17) is 0 Å². The summed E-state index contributed by atoms with van der Waals surface area (Å²) in [6, 6.07) is 30.3. The lowest BCUT2D eigenvalue weighted by molar-refractivity contribution is -0.138. The molecule has 4 aromatic rings. The summed E-state index contributed by atoms with van der Waals surface area (Å²) in [4.78, 5) is 59.9. The molecule has 10 heteroatoms. The van der Waals surface area contributed by atoms with Gasteiger partial charge in [0.05, 0.1) is 0 Å². The first-order valence-electron chi connectivity index (χ1n) is 21.2. The first-order chi connectivity index (χ1) is 28.2. The number of carbonyl (C=O) groups excluding carboxylic acids is 4. The Hall–Kier alpha value is -5.48. The Morgan fingerprint density at radius 2 is 1.47 bits per heavy atom. The second-order valence-electron chi connectivity index (χ2n) is 17.6. The summed E-state index contributed by atoms with van der Waals surface area (Å²) in [5, 5.41) is 12.6. The third-order valence-electron chi connectivity index (χ3n) is 14.4. The molecule has 4 aromatic carbocycles. The number of piperidine rings is 1. The van der Waals surface area contributed by atoms with Crippen LogP contribution in [0.3, 0.4) is 0 Å². The molecular weight excluding hydrogens is 727 g/mol. The number of carbonyl (C=O) groups is 4. The van der Waals surface area contributed by atoms with Gasteiger partial charge in [0.2, 0.25) is 17.7 Å². The molecule has 2 aliphatic carbocycles. The highest BCUT2D eigenvalue weighted by Gasteiger charge is 2.42. The number of phenolic OH excluding ortho intramolecular Hbond substituents is 1. The van der Waals surface area contributed by atoms with Crippen molar-refractivity contribution in [2.24, 2.45) is 5.92 Å². The fourth-order valence-electron chi connectivity index (χ4n) is 11.0. The normalized spacial score (nSPS) is 25.7. The number of hydrogen-bond acceptors (Lipinski definition) is 7. The van der Waals surface area contributed by atoms with Crippen LogP contribution in [0.5, 0.6) is 5.75 Å². The van der Waals surface area contributed by atoms with Gasteiger partial charge in [-0.1, -0.05) is 54.6 Å². The highest BCUT2D eigenvalue weighted by atomic mass is 16.3. The molecule has 4 aliphatic heterocycles. The van der Waals surface area contributed by atoms with Gasteiger partial charge in [-0.2, -0.15) is 0 Å². The number of rotatable bonds is 7. The quantitative estimate of drug-likeness (QED) is 0.214. The van der Waals surface area contributed by atoms with Crippen molar-refractivity contribution in [2.75, 3.05) is 25.0 Å². The van der Waals surface area contributed by atoms with Crippen LogP contribution < -0.4 is 10.2 Å². The first-order valence-corrected chi connectivity index (χ1v) is 21.2. The smallest absolute Gasteiger partial charge is 0.255 e. The van der Waals surface area contributed by atoms with Crippen LogP contribution in [0.15, 0.2) is 84.9 Å². The molecule has 2 N–H and O–H groups in total. The van der Waals surface area contributed by atoms with E-state index in [0.717, 1.165) is 68.3 Å². The summed E-state index contributed by atoms with van der Waals surface area (Å²) in [7, 11) is 2.26. The first kappa shape index (κ1) is 36.8. The van der Waals surface area contributed by atoms with E-state index in [9.17, 15) is 24.3 Å². The minimum absolute atomic E-state index is 0.0233. The van der Waals surface area contributed by atoms with Crippen molar-refractivity contribution in [3.8, 4) is 5.75 Å². The monoisotopic (exact) mass is 777 g/mol. The molecule has 3 atom stereocenters. The lowest BCUT2D eigenvalue weighted by atomic mass is 9.69. The average Bonchev–Trinajstić information content (AvgIpc) is 3.79. The summed E-state index contributed by atoms with van der Waals surface area (Å²) >= 11 is 0. The van der Waals surface area contributed by atoms with Crippen molar-refractivity contribution in [1.29, 1.82) is 0 Å². The van der Waals surface area contributed by atoms with E-state index in [2.05, 4.69) is 82.8 Å². The summed E-state index contributed by atoms with van der Waals surface area (Å²) in [5.74, 6) is 0.346. The van der Waals surface area contributed by atoms with Crippen molar-refractivity contribution < 1.29 is 24.3 Å². The maximum absolute atomic E-state index is 13.8. The largest absolute Gasteiger partial charge is 0.508 e. The Morgan fingerprint density at radius 1 is 0.724 bits per heavy atom. The maximum Gasteiger partial charge on any atom is 0.255 e. The van der Waals surface area contributed by atoms with E-state index >= 15 is 0 Å². The zero-order valence-corrected chi connectivity index (χ0v) is 33.1. The molecule has 0 spiro atoms. The summed E-state index contributed by atoms with van der Waals surface area (Å²) in [6.07, 6.45) is 6.41. The highest BCUT2D eigenvalue weighted by Crippen LogP contribution is 2.47. The van der Waals surface area contributed by atoms with Crippen molar-refractivity contribution in [3.05, 3.63) is 129 Å². The third-order valence-corrected chi connectivity index (χ3v) is 14.4. The zero-order chi connectivity index (χ0) is 39.7. The molecule has 10 nitrogen and oxygen atoms in total. The number of aromatic hydroxyl groups is 1. The Kier molecular flexibility index (Phi) is 9.35. The van der Waals surface area contributed by atoms with Gasteiger partial charge in [-0.25, -0.2) is 0 Å². The lowest BCUT2D eigenvalue weighted by Gasteiger charge is -2.49. The van der Waals surface area contributed by atoms with Gasteiger partial charge in [-0.15, -0.1) is 0 Å². The van der Waals surface area contributed by atoms with Gasteiger partial charge in [-0.3, -0.25) is 29.4 Å². The molecule has 58 heavy (non-hydrogen) atoms. The molecule has 0 aromatic heterocycles. The van der Waals surface area contributed by atoms with Crippen molar-refractivity contribution >= 4 is 29.3 Å². The van der Waals surface area contributed by atoms with Gasteiger partial charge in [-0.05, 0) is 127 Å². The molecule has 298 valence electrons. The van der Waals surface area contributed by atoms with E-state index in [-0.39, 0.29) is 36.0 Å². The van der Waals surface area contributed by atoms with Gasteiger partial charge in [0.1, 0.15) is 11.8 Å². The molecule has 4 heterocycles. The fraction of sp³-hybridized carbons (Fsp3) is 0.417. The Bertz CT molecular complexity index is 2280. The topological polar surface area (TPSA) is 114 Å². The van der Waals surface area contributed by atoms with Crippen LogP contribution in [0.1, 0.15) is 106 Å². The molecule has 1 saturated carbocycles. The van der Waals surface area contributed by atoms with E-state index in [1.807, 2.05) is 29.2 Å². The summed E-state index contributed by atoms with van der Waals surface area (Å²) < 4.78 is 0. The number of hydrogen-bond donors (Lipinski definition) is 2. The van der Waals surface area contributed by atoms with Gasteiger partial charge < -0.3 is 19.8 Å². The number of phenols is 1. The molecule has 6 aliphatic rings. The van der Waals surface area contributed by atoms with Crippen LogP contribution in [0.2, 0.25) is 0 Å². The fourth-order valence-corrected chi connectivity index (χ4v) is 11.0. The number of anilines is 1. The minimum atomic E-state index is -0.626. The van der Waals surface area contributed by atoms with Crippen molar-refractivity contribution in [1.82, 2.24) is 20.0 Å². The van der Waals surface area contributed by atoms with Crippen molar-refractivity contribution in [3.63, 3.8) is 0 Å². The molecule has 0 radical (unpaired) electrons. The molecule has 10 rings (SSSR count). The number of nitrogens with zero attached hydrogens (tertiary/aromatic N) is 4. The van der Waals surface area contributed by atoms with Gasteiger partial charge in [0, 0.05) is 74.3 Å². The van der Waals surface area contributed by atoms with Crippen LogP contribution in [-0.4, -0.2) is 81.7 Å². The standard InChI is InChI=1S/C48H51N5O5/c1-50(38-27-51(28-38)37-14-7-30(8-15-37)45-40(29-5-3-2-4-6-29)17-11-32-22-39(54)16-18-41(32)45)36-12-9-31(10-13-36)47(57)52-24-33-21-35-26-53(43-19-20-44(55)49-46(43)56)48(58)42(35)23-34(33)25-52/h2-8,14-16,18,21-23,31,36,38,40,43,45,54H,9-13,17,19-20,24-28H2,1H3,(H,49,55,56)/t31?,36?,40-,43?,45+/m1/s1. The number of fused-ring (bicyclic) bond motifs is 3. The van der Waals surface area contributed by atoms with Crippen molar-refractivity contribution in [2.45, 2.75) is 101 Å². The van der Waals surface area contributed by atoms with Crippen LogP contribution in [0, 0.1) is 5.92 Å². The predicted molar refractivity (Wildman–Crippen MR) is 220 cm³/mol. The zero-order valence-electron chi connectivity index (χ0n) is 33.1. The summed E-state index contributed by atoms with van der Waals surface area (Å²) in [5.41, 5.74) is 10.1. The molecule has 1 unspecified atom stereocenters. The Morgan fingerprint density at radius 3 is 2.21 bits per heavy atom. The number of amides is 4. The van der Waals surface area contributed by atoms with E-state index in [1.54, 1.807) is 4.90 Å². The second kappa shape index (κ2) is 14.7. The second-order valence-corrected chi connectivity index (χ2v) is 17.6. The number of benzene rings is 4. The molecule has 0 bridgehead atoms. The SMILES string of the molecule is CN(C1CCC(C(=O)N2Cc3cc4c(cc3C2)C(=O)N(C2CCC(=O)NC2=O)C4)CC1)C1CN(c2ccc([C@@H]3c4ccc(O)cc4CC[C@@H]3c3ccccc3)cc2)C1. The molecule has 2 saturated heterocycles. The van der Waals surface area contributed by atoms with Gasteiger partial charge in [0.15, 0.2) is 0 Å². The molecule has 4 amide bonds. The van der Waals surface area contributed by atoms with Gasteiger partial charge in [0.25, 0.3) is 5.91 Å². The Balaban J connectivity index is 0.722. The number of aryl methyl sites for hydroxylation is 1. The average molecular weight is 778 g/mol.